The number of pyridine rings is 1. The topological polar surface area (TPSA) is 94.7 Å². The largest absolute Gasteiger partial charge is 0.381 e. The molecule has 9 rings (SSSR count). The molecule has 47 heavy (non-hydrogen) atoms. The molecule has 2 N–H and O–H groups in total. The van der Waals surface area contributed by atoms with Gasteiger partial charge in [0.1, 0.15) is 11.8 Å². The van der Waals surface area contributed by atoms with E-state index in [-0.39, 0.29) is 5.54 Å². The van der Waals surface area contributed by atoms with Crippen LogP contribution in [0, 0.1) is 35.0 Å². The minimum Gasteiger partial charge on any atom is -0.381 e. The molecule has 5 fully saturated rings. The molecule has 0 unspecified atom stereocenters. The van der Waals surface area contributed by atoms with E-state index >= 15 is 0 Å². The lowest BCUT2D eigenvalue weighted by molar-refractivity contribution is 0.00757. The number of fused-ring (bicyclic) bond motifs is 1. The molecule has 5 aliphatic rings. The second-order valence-electron chi connectivity index (χ2n) is 15.6. The summed E-state index contributed by atoms with van der Waals surface area (Å²) in [6.45, 7) is 9.68. The van der Waals surface area contributed by atoms with Crippen molar-refractivity contribution in [3.63, 3.8) is 0 Å². The maximum absolute atomic E-state index is 10.1. The minimum atomic E-state index is 0.210. The molecule has 1 saturated heterocycles. The number of nitrogens with one attached hydrogen (secondary N) is 2. The number of piperidine rings is 1. The molecule has 4 aliphatic carbocycles. The summed E-state index contributed by atoms with van der Waals surface area (Å²) in [4.78, 5) is 7.16. The Labute approximate surface area is 282 Å². The van der Waals surface area contributed by atoms with Crippen molar-refractivity contribution in [3.05, 3.63) is 64.9 Å². The summed E-state index contributed by atoms with van der Waals surface area (Å²) in [6.07, 6.45) is 12.7. The highest BCUT2D eigenvalue weighted by atomic mass is 35.5. The molecular weight excluding hydrogens is 604 g/mol. The van der Waals surface area contributed by atoms with Crippen molar-refractivity contribution in [2.24, 2.45) is 23.7 Å². The third kappa shape index (κ3) is 5.98. The first-order chi connectivity index (χ1) is 22.7. The number of benzene rings is 2. The summed E-state index contributed by atoms with van der Waals surface area (Å²) >= 11 is 6.82. The van der Waals surface area contributed by atoms with E-state index in [0.29, 0.717) is 41.1 Å². The first kappa shape index (κ1) is 30.7. The number of aromatic nitrogens is 4. The van der Waals surface area contributed by atoms with Crippen LogP contribution in [0.4, 0.5) is 11.4 Å². The molecule has 0 radical (unpaired) electrons. The molecule has 0 atom stereocenters. The molecule has 2 aromatic carbocycles. The molecule has 4 bridgehead atoms. The van der Waals surface area contributed by atoms with Gasteiger partial charge in [-0.05, 0) is 107 Å². The number of nitriles is 1. The van der Waals surface area contributed by atoms with Crippen molar-refractivity contribution in [1.82, 2.24) is 24.9 Å². The van der Waals surface area contributed by atoms with Gasteiger partial charge in [-0.25, -0.2) is 4.68 Å². The highest BCUT2D eigenvalue weighted by molar-refractivity contribution is 6.35. The van der Waals surface area contributed by atoms with Crippen LogP contribution in [0.25, 0.3) is 22.2 Å². The Hall–Kier alpha value is -3.67. The van der Waals surface area contributed by atoms with E-state index < -0.39 is 0 Å². The molecular formula is C38H45ClN8. The third-order valence-electron chi connectivity index (χ3n) is 11.6. The summed E-state index contributed by atoms with van der Waals surface area (Å²) in [5.74, 6) is 3.18. The van der Waals surface area contributed by atoms with Crippen LogP contribution in [0.1, 0.15) is 82.9 Å². The van der Waals surface area contributed by atoms with E-state index in [1.807, 2.05) is 6.07 Å². The average molecular weight is 649 g/mol. The standard InChI is InChI=1S/C38H45ClN8/c1-38(2,3)46-10-8-31(9-11-46)47-22-34(44-45-47)26-6-4-23(5-7-26)20-41-30-17-32-36(29(19-40)21-42-37(32)33(39)18-30)43-35-27-13-24-12-25(15-27)16-28(35)14-24/h4-7,17-18,21-22,24-25,27-28,31,35,41H,8-16,20H2,1-3H3,(H,42,43). The zero-order chi connectivity index (χ0) is 32.3. The molecule has 0 spiro atoms. The highest BCUT2D eigenvalue weighted by Crippen LogP contribution is 2.54. The van der Waals surface area contributed by atoms with Gasteiger partial charge >= 0.3 is 0 Å². The summed E-state index contributed by atoms with van der Waals surface area (Å²) < 4.78 is 2.06. The Bertz CT molecular complexity index is 1780. The van der Waals surface area contributed by atoms with Crippen LogP contribution in [0.2, 0.25) is 5.02 Å². The van der Waals surface area contributed by atoms with Crippen LogP contribution in [-0.2, 0) is 6.54 Å². The van der Waals surface area contributed by atoms with E-state index in [0.717, 1.165) is 76.9 Å². The lowest BCUT2D eigenvalue weighted by Crippen LogP contribution is -2.51. The van der Waals surface area contributed by atoms with Gasteiger partial charge in [-0.2, -0.15) is 5.26 Å². The second kappa shape index (κ2) is 12.1. The number of halogens is 1. The fourth-order valence-electron chi connectivity index (χ4n) is 9.32. The number of hydrogen-bond acceptors (Lipinski definition) is 7. The number of rotatable bonds is 7. The molecule has 4 saturated carbocycles. The van der Waals surface area contributed by atoms with E-state index in [9.17, 15) is 5.26 Å². The van der Waals surface area contributed by atoms with Crippen LogP contribution in [0.5, 0.6) is 0 Å². The van der Waals surface area contributed by atoms with E-state index in [1.165, 1.54) is 32.1 Å². The first-order valence-corrected chi connectivity index (χ1v) is 17.9. The van der Waals surface area contributed by atoms with Gasteiger partial charge in [-0.3, -0.25) is 9.88 Å². The number of likely N-dealkylation sites (tertiary alicyclic amines) is 1. The van der Waals surface area contributed by atoms with E-state index in [1.54, 1.807) is 6.20 Å². The molecule has 244 valence electrons. The normalized spacial score (nSPS) is 26.1. The number of hydrogen-bond donors (Lipinski definition) is 2. The third-order valence-corrected chi connectivity index (χ3v) is 11.9. The Morgan fingerprint density at radius 1 is 0.979 bits per heavy atom. The predicted molar refractivity (Wildman–Crippen MR) is 188 cm³/mol. The fourth-order valence-corrected chi connectivity index (χ4v) is 9.58. The smallest absolute Gasteiger partial charge is 0.113 e. The molecule has 1 aliphatic heterocycles. The number of nitrogens with zero attached hydrogens (tertiary/aromatic N) is 6. The predicted octanol–water partition coefficient (Wildman–Crippen LogP) is 8.30. The molecule has 0 amide bonds. The Balaban J connectivity index is 0.960. The monoisotopic (exact) mass is 648 g/mol. The van der Waals surface area contributed by atoms with E-state index in [2.05, 4.69) is 98.9 Å². The van der Waals surface area contributed by atoms with Crippen LogP contribution in [0.15, 0.2) is 48.8 Å². The van der Waals surface area contributed by atoms with Crippen LogP contribution >= 0.6 is 11.6 Å². The van der Waals surface area contributed by atoms with Crippen molar-refractivity contribution >= 4 is 33.9 Å². The van der Waals surface area contributed by atoms with Gasteiger partial charge in [0, 0.05) is 54.0 Å². The van der Waals surface area contributed by atoms with Gasteiger partial charge in [0.05, 0.1) is 34.0 Å². The molecule has 9 heteroatoms. The van der Waals surface area contributed by atoms with Crippen molar-refractivity contribution in [2.75, 3.05) is 23.7 Å². The van der Waals surface area contributed by atoms with Crippen molar-refractivity contribution < 1.29 is 0 Å². The van der Waals surface area contributed by atoms with Crippen LogP contribution in [0.3, 0.4) is 0 Å². The van der Waals surface area contributed by atoms with Crippen molar-refractivity contribution in [2.45, 2.75) is 89.9 Å². The maximum Gasteiger partial charge on any atom is 0.113 e. The van der Waals surface area contributed by atoms with Crippen molar-refractivity contribution in [3.8, 4) is 17.3 Å². The van der Waals surface area contributed by atoms with Gasteiger partial charge in [-0.1, -0.05) is 41.1 Å². The van der Waals surface area contributed by atoms with Crippen LogP contribution < -0.4 is 10.6 Å². The minimum absolute atomic E-state index is 0.210. The zero-order valence-electron chi connectivity index (χ0n) is 27.7. The number of anilines is 2. The van der Waals surface area contributed by atoms with Gasteiger partial charge < -0.3 is 10.6 Å². The maximum atomic E-state index is 10.1. The Morgan fingerprint density at radius 3 is 2.34 bits per heavy atom. The van der Waals surface area contributed by atoms with Gasteiger partial charge in [-0.15, -0.1) is 5.10 Å². The average Bonchev–Trinajstić information content (AvgIpc) is 3.56. The summed E-state index contributed by atoms with van der Waals surface area (Å²) in [7, 11) is 0. The first-order valence-electron chi connectivity index (χ1n) is 17.5. The molecule has 2 aromatic heterocycles. The summed E-state index contributed by atoms with van der Waals surface area (Å²) in [6, 6.07) is 15.8. The molecule has 3 heterocycles. The van der Waals surface area contributed by atoms with Gasteiger partial charge in [0.2, 0.25) is 0 Å². The quantitative estimate of drug-likeness (QED) is 0.208. The molecule has 4 aromatic rings. The van der Waals surface area contributed by atoms with Gasteiger partial charge in [0.15, 0.2) is 0 Å². The highest BCUT2D eigenvalue weighted by Gasteiger charge is 2.48. The van der Waals surface area contributed by atoms with Gasteiger partial charge in [0.25, 0.3) is 0 Å². The Kier molecular flexibility index (Phi) is 7.89. The van der Waals surface area contributed by atoms with Crippen LogP contribution in [-0.4, -0.2) is 49.5 Å². The lowest BCUT2D eigenvalue weighted by atomic mass is 9.54. The summed E-state index contributed by atoms with van der Waals surface area (Å²) in [5, 5.41) is 28.1. The van der Waals surface area contributed by atoms with E-state index in [4.69, 9.17) is 11.6 Å². The van der Waals surface area contributed by atoms with Crippen molar-refractivity contribution in [1.29, 1.82) is 5.26 Å². The zero-order valence-corrected chi connectivity index (χ0v) is 28.5. The SMILES string of the molecule is CC(C)(C)N1CCC(n2cc(-c3ccc(CNc4cc(Cl)c5ncc(C#N)c(NC6C7CC8CC(C7)CC6C8)c5c4)cc3)nn2)CC1. The lowest BCUT2D eigenvalue weighted by Gasteiger charge is -2.54. The molecule has 8 nitrogen and oxygen atoms in total. The Morgan fingerprint density at radius 2 is 1.68 bits per heavy atom. The second-order valence-corrected chi connectivity index (χ2v) is 16.0. The fraction of sp³-hybridized carbons (Fsp3) is 0.526. The summed E-state index contributed by atoms with van der Waals surface area (Å²) in [5.41, 5.74) is 6.46.